The fourth-order valence-corrected chi connectivity index (χ4v) is 0.440. The van der Waals surface area contributed by atoms with Crippen molar-refractivity contribution >= 4 is 11.9 Å². The van der Waals surface area contributed by atoms with Gasteiger partial charge in [0, 0.05) is 6.42 Å². The fourth-order valence-electron chi connectivity index (χ4n) is 0.440. The van der Waals surface area contributed by atoms with E-state index < -0.39 is 30.5 Å². The Hall–Kier alpha value is -1.17. The van der Waals surface area contributed by atoms with Gasteiger partial charge in [-0.2, -0.15) is 0 Å². The minimum Gasteiger partial charge on any atom is -0.479 e. The van der Waals surface area contributed by atoms with Crippen molar-refractivity contribution in [3.63, 3.8) is 0 Å². The molecule has 0 rings (SSSR count). The first-order chi connectivity index (χ1) is 4.95. The van der Waals surface area contributed by atoms with Gasteiger partial charge >= 0.3 is 5.97 Å². The molecule has 1 amide bonds. The molecule has 6 heteroatoms. The van der Waals surface area contributed by atoms with Crippen LogP contribution in [0.2, 0.25) is 0 Å². The van der Waals surface area contributed by atoms with Crippen molar-refractivity contribution in [2.24, 2.45) is 11.5 Å². The van der Waals surface area contributed by atoms with Crippen molar-refractivity contribution in [1.29, 1.82) is 0 Å². The number of aliphatic carboxylic acids is 1. The van der Waals surface area contributed by atoms with Gasteiger partial charge in [0.2, 0.25) is 5.91 Å². The molecule has 0 saturated heterocycles. The number of alkyl halides is 1. The van der Waals surface area contributed by atoms with E-state index in [1.807, 2.05) is 0 Å². The number of nitrogens with two attached hydrogens (primary N) is 2. The molecule has 2 unspecified atom stereocenters. The highest BCUT2D eigenvalue weighted by atomic mass is 19.1. The van der Waals surface area contributed by atoms with Crippen LogP contribution in [0.25, 0.3) is 0 Å². The molecule has 0 aliphatic carbocycles. The fraction of sp³-hybridized carbons (Fsp3) is 0.600. The van der Waals surface area contributed by atoms with E-state index in [1.165, 1.54) is 0 Å². The molecular weight excluding hydrogens is 155 g/mol. The van der Waals surface area contributed by atoms with Gasteiger partial charge in [-0.3, -0.25) is 4.79 Å². The average Bonchev–Trinajstić information content (AvgIpc) is 1.87. The van der Waals surface area contributed by atoms with Gasteiger partial charge in [-0.1, -0.05) is 0 Å². The van der Waals surface area contributed by atoms with Crippen LogP contribution < -0.4 is 11.5 Å². The summed E-state index contributed by atoms with van der Waals surface area (Å²) in [4.78, 5) is 20.1. The van der Waals surface area contributed by atoms with Crippen LogP contribution in [0.15, 0.2) is 0 Å². The Balaban J connectivity index is 3.84. The van der Waals surface area contributed by atoms with E-state index in [0.29, 0.717) is 0 Å². The number of hydrogen-bond acceptors (Lipinski definition) is 3. The Bertz CT molecular complexity index is 155. The first-order valence-corrected chi connectivity index (χ1v) is 2.87. The lowest BCUT2D eigenvalue weighted by molar-refractivity contribution is -0.143. The maximum absolute atomic E-state index is 12.2. The highest BCUT2D eigenvalue weighted by Crippen LogP contribution is 2.00. The molecule has 0 heterocycles. The van der Waals surface area contributed by atoms with E-state index in [2.05, 4.69) is 5.73 Å². The topological polar surface area (TPSA) is 106 Å². The van der Waals surface area contributed by atoms with Crippen LogP contribution in [-0.2, 0) is 9.59 Å². The Morgan fingerprint density at radius 1 is 1.55 bits per heavy atom. The zero-order valence-corrected chi connectivity index (χ0v) is 5.66. The minimum absolute atomic E-state index is 0.579. The molecular formula is C5H9FN2O3. The first kappa shape index (κ1) is 9.83. The van der Waals surface area contributed by atoms with Crippen molar-refractivity contribution in [2.45, 2.75) is 18.6 Å². The summed E-state index contributed by atoms with van der Waals surface area (Å²) < 4.78 is 12.2. The van der Waals surface area contributed by atoms with Gasteiger partial charge in [-0.15, -0.1) is 0 Å². The van der Waals surface area contributed by atoms with Crippen LogP contribution in [0.1, 0.15) is 6.42 Å². The molecule has 5 nitrogen and oxygen atoms in total. The van der Waals surface area contributed by atoms with Gasteiger partial charge < -0.3 is 16.6 Å². The van der Waals surface area contributed by atoms with E-state index in [9.17, 15) is 14.0 Å². The van der Waals surface area contributed by atoms with Crippen LogP contribution in [-0.4, -0.2) is 29.2 Å². The Kier molecular flexibility index (Phi) is 3.46. The van der Waals surface area contributed by atoms with Gasteiger partial charge in [0.15, 0.2) is 6.17 Å². The number of carbonyl (C=O) groups excluding carboxylic acids is 1. The first-order valence-electron chi connectivity index (χ1n) is 2.87. The molecule has 0 aromatic rings. The number of carboxylic acids is 1. The summed E-state index contributed by atoms with van der Waals surface area (Å²) in [7, 11) is 0. The van der Waals surface area contributed by atoms with Crippen molar-refractivity contribution in [1.82, 2.24) is 0 Å². The number of carboxylic acid groups (broad SMARTS) is 1. The highest BCUT2D eigenvalue weighted by molar-refractivity contribution is 5.81. The number of carbonyl (C=O) groups is 2. The Labute approximate surface area is 62.2 Å². The van der Waals surface area contributed by atoms with Crippen molar-refractivity contribution in [3.8, 4) is 0 Å². The van der Waals surface area contributed by atoms with Crippen LogP contribution >= 0.6 is 0 Å². The van der Waals surface area contributed by atoms with E-state index in [-0.39, 0.29) is 0 Å². The van der Waals surface area contributed by atoms with Crippen LogP contribution in [0.4, 0.5) is 4.39 Å². The van der Waals surface area contributed by atoms with Gasteiger partial charge in [-0.05, 0) is 0 Å². The molecule has 2 atom stereocenters. The maximum Gasteiger partial charge on any atom is 0.338 e. The standard InChI is InChI=1S/C5H9FN2O3/c6-2(5(10)11)1-3(7)4(8)9/h2-3H,1,7H2,(H2,8,9)(H,10,11). The normalized spacial score (nSPS) is 15.5. The lowest BCUT2D eigenvalue weighted by atomic mass is 10.1. The number of hydrogen-bond donors (Lipinski definition) is 3. The molecule has 0 aromatic carbocycles. The third-order valence-corrected chi connectivity index (χ3v) is 1.09. The summed E-state index contributed by atoms with van der Waals surface area (Å²) in [5.74, 6) is -2.55. The van der Waals surface area contributed by atoms with Gasteiger partial charge in [-0.25, -0.2) is 9.18 Å². The summed E-state index contributed by atoms with van der Waals surface area (Å²) in [6.45, 7) is 0. The quantitative estimate of drug-likeness (QED) is 0.475. The van der Waals surface area contributed by atoms with Crippen LogP contribution in [0.3, 0.4) is 0 Å². The molecule has 11 heavy (non-hydrogen) atoms. The zero-order chi connectivity index (χ0) is 9.02. The maximum atomic E-state index is 12.2. The highest BCUT2D eigenvalue weighted by Gasteiger charge is 2.22. The van der Waals surface area contributed by atoms with E-state index >= 15 is 0 Å². The number of primary amides is 1. The van der Waals surface area contributed by atoms with Gasteiger partial charge in [0.05, 0.1) is 6.04 Å². The Morgan fingerprint density at radius 3 is 2.27 bits per heavy atom. The van der Waals surface area contributed by atoms with Crippen LogP contribution in [0, 0.1) is 0 Å². The molecule has 0 spiro atoms. The van der Waals surface area contributed by atoms with E-state index in [0.717, 1.165) is 0 Å². The third-order valence-electron chi connectivity index (χ3n) is 1.09. The third kappa shape index (κ3) is 3.51. The molecule has 64 valence electrons. The Morgan fingerprint density at radius 2 is 2.00 bits per heavy atom. The van der Waals surface area contributed by atoms with E-state index in [1.54, 1.807) is 0 Å². The second kappa shape index (κ2) is 3.87. The summed E-state index contributed by atoms with van der Waals surface area (Å²) in [5.41, 5.74) is 9.64. The smallest absolute Gasteiger partial charge is 0.338 e. The summed E-state index contributed by atoms with van der Waals surface area (Å²) in [6, 6.07) is -1.24. The summed E-state index contributed by atoms with van der Waals surface area (Å²) in [5, 5.41) is 8.03. The average molecular weight is 164 g/mol. The SMILES string of the molecule is NC(=O)C(N)CC(F)C(=O)O. The second-order valence-electron chi connectivity index (χ2n) is 2.05. The van der Waals surface area contributed by atoms with Gasteiger partial charge in [0.1, 0.15) is 0 Å². The molecule has 0 aromatic heterocycles. The van der Waals surface area contributed by atoms with Gasteiger partial charge in [0.25, 0.3) is 0 Å². The molecule has 0 aliphatic rings. The van der Waals surface area contributed by atoms with Crippen LogP contribution in [0.5, 0.6) is 0 Å². The minimum atomic E-state index is -2.13. The summed E-state index contributed by atoms with van der Waals surface area (Å²) in [6.07, 6.45) is -2.71. The molecule has 0 saturated carbocycles. The predicted octanol–water partition coefficient (Wildman–Crippen LogP) is -1.39. The lowest BCUT2D eigenvalue weighted by Gasteiger charge is -2.07. The summed E-state index contributed by atoms with van der Waals surface area (Å²) >= 11 is 0. The molecule has 0 radical (unpaired) electrons. The predicted molar refractivity (Wildman–Crippen MR) is 34.3 cm³/mol. The van der Waals surface area contributed by atoms with Crippen molar-refractivity contribution in [2.75, 3.05) is 0 Å². The molecule has 0 fully saturated rings. The number of amides is 1. The largest absolute Gasteiger partial charge is 0.479 e. The number of halogens is 1. The second-order valence-corrected chi connectivity index (χ2v) is 2.05. The zero-order valence-electron chi connectivity index (χ0n) is 5.66. The number of rotatable bonds is 4. The molecule has 0 aliphatic heterocycles. The van der Waals surface area contributed by atoms with Crippen molar-refractivity contribution < 1.29 is 19.1 Å². The van der Waals surface area contributed by atoms with Crippen molar-refractivity contribution in [3.05, 3.63) is 0 Å². The lowest BCUT2D eigenvalue weighted by Crippen LogP contribution is -2.39. The monoisotopic (exact) mass is 164 g/mol. The molecule has 5 N–H and O–H groups in total. The van der Waals surface area contributed by atoms with E-state index in [4.69, 9.17) is 10.8 Å². The molecule has 0 bridgehead atoms.